The summed E-state index contributed by atoms with van der Waals surface area (Å²) in [6, 6.07) is 0. The Labute approximate surface area is 82.7 Å². The van der Waals surface area contributed by atoms with E-state index in [9.17, 15) is 4.79 Å². The number of anilines is 1. The van der Waals surface area contributed by atoms with Gasteiger partial charge in [-0.1, -0.05) is 0 Å². The zero-order chi connectivity index (χ0) is 10.6. The molecule has 0 bridgehead atoms. The first-order valence-corrected chi connectivity index (χ1v) is 4.43. The minimum absolute atomic E-state index is 0.0571. The molecular weight excluding hydrogens is 182 g/mol. The molecule has 0 aromatic carbocycles. The van der Waals surface area contributed by atoms with Crippen LogP contribution in [-0.2, 0) is 11.8 Å². The number of nitrogens with one attached hydrogen (secondary N) is 1. The SMILES string of the molecule is COC(C)CNc1nccn(C)c1=O. The summed E-state index contributed by atoms with van der Waals surface area (Å²) in [4.78, 5) is 15.4. The average molecular weight is 197 g/mol. The molecule has 0 spiro atoms. The molecule has 0 aliphatic rings. The smallest absolute Gasteiger partial charge is 0.293 e. The van der Waals surface area contributed by atoms with Crippen molar-refractivity contribution in [3.8, 4) is 0 Å². The average Bonchev–Trinajstić information content (AvgIpc) is 2.20. The van der Waals surface area contributed by atoms with E-state index in [0.29, 0.717) is 12.4 Å². The van der Waals surface area contributed by atoms with Crippen molar-refractivity contribution in [1.82, 2.24) is 9.55 Å². The van der Waals surface area contributed by atoms with Crippen LogP contribution in [-0.4, -0.2) is 29.3 Å². The molecule has 1 aromatic rings. The van der Waals surface area contributed by atoms with Gasteiger partial charge in [-0.15, -0.1) is 0 Å². The summed E-state index contributed by atoms with van der Waals surface area (Å²) in [5.74, 6) is 0.360. The van der Waals surface area contributed by atoms with Crippen LogP contribution in [0.25, 0.3) is 0 Å². The summed E-state index contributed by atoms with van der Waals surface area (Å²) >= 11 is 0. The number of methoxy groups -OCH3 is 1. The molecule has 0 saturated heterocycles. The van der Waals surface area contributed by atoms with Gasteiger partial charge in [-0.05, 0) is 6.92 Å². The number of rotatable bonds is 4. The standard InChI is InChI=1S/C9H15N3O2/c1-7(14-3)6-11-8-9(13)12(2)5-4-10-8/h4-5,7H,6H2,1-3H3,(H,10,11). The van der Waals surface area contributed by atoms with E-state index < -0.39 is 0 Å². The van der Waals surface area contributed by atoms with Crippen molar-refractivity contribution in [1.29, 1.82) is 0 Å². The fourth-order valence-corrected chi connectivity index (χ4v) is 0.943. The Hall–Kier alpha value is -1.36. The number of hydrogen-bond acceptors (Lipinski definition) is 4. The van der Waals surface area contributed by atoms with Gasteiger partial charge in [-0.2, -0.15) is 0 Å². The molecule has 5 nitrogen and oxygen atoms in total. The number of hydrogen-bond donors (Lipinski definition) is 1. The second kappa shape index (κ2) is 4.76. The molecule has 1 N–H and O–H groups in total. The van der Waals surface area contributed by atoms with Gasteiger partial charge in [0.05, 0.1) is 6.10 Å². The lowest BCUT2D eigenvalue weighted by molar-refractivity contribution is 0.128. The lowest BCUT2D eigenvalue weighted by atomic mass is 10.4. The summed E-state index contributed by atoms with van der Waals surface area (Å²) in [7, 11) is 3.32. The summed E-state index contributed by atoms with van der Waals surface area (Å²) in [6.07, 6.45) is 3.26. The van der Waals surface area contributed by atoms with Gasteiger partial charge in [0.25, 0.3) is 5.56 Å². The lowest BCUT2D eigenvalue weighted by Crippen LogP contribution is -2.26. The zero-order valence-corrected chi connectivity index (χ0v) is 8.65. The monoisotopic (exact) mass is 197 g/mol. The van der Waals surface area contributed by atoms with E-state index in [0.717, 1.165) is 0 Å². The molecule has 78 valence electrons. The maximum atomic E-state index is 11.5. The molecule has 0 saturated carbocycles. The maximum absolute atomic E-state index is 11.5. The molecular formula is C9H15N3O2. The molecule has 0 fully saturated rings. The number of aromatic nitrogens is 2. The molecule has 0 radical (unpaired) electrons. The van der Waals surface area contributed by atoms with Crippen LogP contribution in [0.3, 0.4) is 0 Å². The first-order valence-electron chi connectivity index (χ1n) is 4.43. The van der Waals surface area contributed by atoms with Crippen LogP contribution in [0.5, 0.6) is 0 Å². The fraction of sp³-hybridized carbons (Fsp3) is 0.556. The van der Waals surface area contributed by atoms with E-state index in [-0.39, 0.29) is 11.7 Å². The minimum Gasteiger partial charge on any atom is -0.380 e. The van der Waals surface area contributed by atoms with E-state index in [1.807, 2.05) is 6.92 Å². The molecule has 1 aromatic heterocycles. The van der Waals surface area contributed by atoms with Crippen LogP contribution in [0.1, 0.15) is 6.92 Å². The Balaban J connectivity index is 2.68. The second-order valence-corrected chi connectivity index (χ2v) is 3.12. The van der Waals surface area contributed by atoms with Crippen molar-refractivity contribution < 1.29 is 4.74 Å². The van der Waals surface area contributed by atoms with Crippen LogP contribution in [0.2, 0.25) is 0 Å². The largest absolute Gasteiger partial charge is 0.380 e. The van der Waals surface area contributed by atoms with Gasteiger partial charge in [0.1, 0.15) is 0 Å². The summed E-state index contributed by atoms with van der Waals surface area (Å²) < 4.78 is 6.52. The van der Waals surface area contributed by atoms with Gasteiger partial charge in [-0.25, -0.2) is 4.98 Å². The van der Waals surface area contributed by atoms with Crippen molar-refractivity contribution in [2.45, 2.75) is 13.0 Å². The Morgan fingerprint density at radius 3 is 3.07 bits per heavy atom. The van der Waals surface area contributed by atoms with Gasteiger partial charge in [0.2, 0.25) is 0 Å². The van der Waals surface area contributed by atoms with Crippen molar-refractivity contribution in [2.75, 3.05) is 19.0 Å². The van der Waals surface area contributed by atoms with Crippen molar-refractivity contribution in [2.24, 2.45) is 7.05 Å². The van der Waals surface area contributed by atoms with E-state index in [2.05, 4.69) is 10.3 Å². The van der Waals surface area contributed by atoms with E-state index in [4.69, 9.17) is 4.74 Å². The summed E-state index contributed by atoms with van der Waals surface area (Å²) in [5.41, 5.74) is -0.129. The summed E-state index contributed by atoms with van der Waals surface area (Å²) in [5, 5.41) is 2.94. The highest BCUT2D eigenvalue weighted by Gasteiger charge is 2.03. The Morgan fingerprint density at radius 1 is 1.71 bits per heavy atom. The minimum atomic E-state index is -0.129. The van der Waals surface area contributed by atoms with Gasteiger partial charge in [0.15, 0.2) is 5.82 Å². The summed E-state index contributed by atoms with van der Waals surface area (Å²) in [6.45, 7) is 2.49. The molecule has 0 amide bonds. The molecule has 14 heavy (non-hydrogen) atoms. The van der Waals surface area contributed by atoms with E-state index in [1.54, 1.807) is 26.6 Å². The normalized spacial score (nSPS) is 12.5. The van der Waals surface area contributed by atoms with E-state index in [1.165, 1.54) is 4.57 Å². The number of ether oxygens (including phenoxy) is 1. The van der Waals surface area contributed by atoms with Gasteiger partial charge in [-0.3, -0.25) is 4.79 Å². The van der Waals surface area contributed by atoms with Crippen LogP contribution in [0.15, 0.2) is 17.2 Å². The molecule has 1 heterocycles. The number of aryl methyl sites for hydroxylation is 1. The Morgan fingerprint density at radius 2 is 2.43 bits per heavy atom. The van der Waals surface area contributed by atoms with Crippen LogP contribution in [0.4, 0.5) is 5.82 Å². The third-order valence-corrected chi connectivity index (χ3v) is 1.98. The quantitative estimate of drug-likeness (QED) is 0.750. The number of nitrogens with zero attached hydrogens (tertiary/aromatic N) is 2. The second-order valence-electron chi connectivity index (χ2n) is 3.12. The first kappa shape index (κ1) is 10.7. The van der Waals surface area contributed by atoms with Crippen LogP contribution >= 0.6 is 0 Å². The first-order chi connectivity index (χ1) is 6.65. The van der Waals surface area contributed by atoms with Crippen LogP contribution in [0, 0.1) is 0 Å². The molecule has 1 rings (SSSR count). The van der Waals surface area contributed by atoms with Gasteiger partial charge in [0, 0.05) is 33.1 Å². The predicted molar refractivity (Wildman–Crippen MR) is 54.4 cm³/mol. The predicted octanol–water partition coefficient (Wildman–Crippen LogP) is 0.227. The molecule has 1 atom stereocenters. The van der Waals surface area contributed by atoms with Crippen LogP contribution < -0.4 is 10.9 Å². The van der Waals surface area contributed by atoms with Crippen molar-refractivity contribution in [3.63, 3.8) is 0 Å². The van der Waals surface area contributed by atoms with Crippen molar-refractivity contribution >= 4 is 5.82 Å². The highest BCUT2D eigenvalue weighted by Crippen LogP contribution is 1.93. The maximum Gasteiger partial charge on any atom is 0.293 e. The highest BCUT2D eigenvalue weighted by atomic mass is 16.5. The third-order valence-electron chi connectivity index (χ3n) is 1.98. The highest BCUT2D eigenvalue weighted by molar-refractivity contribution is 5.30. The van der Waals surface area contributed by atoms with Crippen molar-refractivity contribution in [3.05, 3.63) is 22.7 Å². The molecule has 0 aliphatic carbocycles. The Kier molecular flexibility index (Phi) is 3.64. The topological polar surface area (TPSA) is 56.1 Å². The molecule has 0 aliphatic heterocycles. The molecule has 5 heteroatoms. The fourth-order valence-electron chi connectivity index (χ4n) is 0.943. The van der Waals surface area contributed by atoms with E-state index >= 15 is 0 Å². The lowest BCUT2D eigenvalue weighted by Gasteiger charge is -2.10. The third kappa shape index (κ3) is 2.56. The van der Waals surface area contributed by atoms with Gasteiger partial charge >= 0.3 is 0 Å². The zero-order valence-electron chi connectivity index (χ0n) is 8.65. The van der Waals surface area contributed by atoms with Gasteiger partial charge < -0.3 is 14.6 Å². The molecule has 1 unspecified atom stereocenters. The Bertz CT molecular complexity index is 348.